The number of rotatable bonds is 2. The molecule has 3 aliphatic heterocycles. The Hall–Kier alpha value is -7.04. The summed E-state index contributed by atoms with van der Waals surface area (Å²) in [4.78, 5) is 0. The quantitative estimate of drug-likeness (QED) is 0.161. The minimum atomic E-state index is -0.476. The number of hydrogen-bond donors (Lipinski definition) is 0. The van der Waals surface area contributed by atoms with Crippen LogP contribution >= 0.6 is 11.6 Å². The zero-order chi connectivity index (χ0) is 59.7. The van der Waals surface area contributed by atoms with E-state index in [1.165, 1.54) is 111 Å². The minimum absolute atomic E-state index is 0.344. The highest BCUT2D eigenvalue weighted by atomic mass is 35.5. The van der Waals surface area contributed by atoms with E-state index in [4.69, 9.17) is 39.5 Å². The van der Waals surface area contributed by atoms with Crippen molar-refractivity contribution in [2.75, 3.05) is 0 Å². The predicted molar refractivity (Wildman–Crippen MR) is 353 cm³/mol. The van der Waals surface area contributed by atoms with E-state index in [1.54, 1.807) is 0 Å². The first-order chi connectivity index (χ1) is 41.0. The molecule has 0 N–H and O–H groups in total. The molecule has 2 unspecified atom stereocenters. The fraction of sp³-hybridized carbons (Fsp3) is 0.263. The van der Waals surface area contributed by atoms with Crippen LogP contribution in [0.1, 0.15) is 128 Å². The lowest BCUT2D eigenvalue weighted by Crippen LogP contribution is -2.41. The van der Waals surface area contributed by atoms with Gasteiger partial charge in [0.2, 0.25) is 0 Å². The maximum atomic E-state index is 6.60. The minimum Gasteiger partial charge on any atom is -0.405 e. The molecule has 3 fully saturated rings. The molecule has 3 saturated heterocycles. The third kappa shape index (κ3) is 7.71. The van der Waals surface area contributed by atoms with Crippen LogP contribution in [0, 0.1) is 0 Å². The molecule has 0 radical (unpaired) electrons. The van der Waals surface area contributed by atoms with Crippen LogP contribution in [-0.4, -0.2) is 54.7 Å². The van der Waals surface area contributed by atoms with Crippen molar-refractivity contribution in [3.63, 3.8) is 0 Å². The third-order valence-corrected chi connectivity index (χ3v) is 21.5. The van der Waals surface area contributed by atoms with Crippen LogP contribution in [0.15, 0.2) is 206 Å². The Balaban J connectivity index is 0.000000116. The first-order valence-corrected chi connectivity index (χ1v) is 30.8. The molecule has 10 heteroatoms. The van der Waals surface area contributed by atoms with Gasteiger partial charge < -0.3 is 27.9 Å². The van der Waals surface area contributed by atoms with E-state index in [1.807, 2.05) is 61.5 Å². The SMILES string of the molecule is CC1(C)OB(B2OC(C)(C)C(C)(C)O2)OC1(C)C.CC1(C)OB(c2ccc3c(c2)C2(c4ccccc4-3)c3ccccc3-c3ccc4ccccc4c32)OC1(C)C.Clc1ccc2c(c1)C1(c3ccccc3-2)c2ccccc2-c2ccc3ccccc3c21. The lowest BCUT2D eigenvalue weighted by molar-refractivity contribution is 0.00578. The molecule has 10 aromatic rings. The van der Waals surface area contributed by atoms with Gasteiger partial charge in [0, 0.05) is 5.02 Å². The van der Waals surface area contributed by atoms with Crippen LogP contribution in [0.3, 0.4) is 0 Å². The molecule has 7 aliphatic rings. The van der Waals surface area contributed by atoms with E-state index in [2.05, 4.69) is 228 Å². The Morgan fingerprint density at radius 1 is 0.279 bits per heavy atom. The highest BCUT2D eigenvalue weighted by Crippen LogP contribution is 2.66. The van der Waals surface area contributed by atoms with Crippen molar-refractivity contribution in [3.8, 4) is 44.5 Å². The molecule has 3 heterocycles. The topological polar surface area (TPSA) is 55.4 Å². The molecule has 86 heavy (non-hydrogen) atoms. The van der Waals surface area contributed by atoms with Gasteiger partial charge in [-0.3, -0.25) is 0 Å². The average Bonchev–Trinajstić information content (AvgIpc) is 1.51. The molecule has 2 spiro atoms. The molecule has 0 saturated carbocycles. The Bertz CT molecular complexity index is 4360. The van der Waals surface area contributed by atoms with E-state index in [9.17, 15) is 0 Å². The molecule has 6 nitrogen and oxygen atoms in total. The third-order valence-electron chi connectivity index (χ3n) is 21.2. The molecule has 4 aliphatic carbocycles. The Morgan fingerprint density at radius 2 is 0.581 bits per heavy atom. The zero-order valence-electron chi connectivity index (χ0n) is 51.2. The molecule has 10 aromatic carbocycles. The van der Waals surface area contributed by atoms with E-state index in [-0.39, 0.29) is 39.0 Å². The number of halogens is 1. The van der Waals surface area contributed by atoms with Gasteiger partial charge in [0.25, 0.3) is 0 Å². The van der Waals surface area contributed by atoms with Crippen LogP contribution in [0.5, 0.6) is 0 Å². The van der Waals surface area contributed by atoms with E-state index < -0.39 is 26.6 Å². The number of hydrogen-bond acceptors (Lipinski definition) is 6. The second-order valence-electron chi connectivity index (χ2n) is 27.4. The molecular weight excluding hydrogens is 1080 g/mol. The first kappa shape index (κ1) is 55.5. The Morgan fingerprint density at radius 3 is 0.988 bits per heavy atom. The largest absolute Gasteiger partial charge is 0.494 e. The van der Waals surface area contributed by atoms with Crippen molar-refractivity contribution in [2.24, 2.45) is 0 Å². The fourth-order valence-electron chi connectivity index (χ4n) is 15.0. The van der Waals surface area contributed by atoms with Crippen LogP contribution in [0.25, 0.3) is 66.1 Å². The maximum Gasteiger partial charge on any atom is 0.494 e. The molecule has 0 amide bonds. The van der Waals surface area contributed by atoms with Gasteiger partial charge in [-0.2, -0.15) is 0 Å². The Kier molecular flexibility index (Phi) is 12.3. The van der Waals surface area contributed by atoms with Gasteiger partial charge in [-0.15, -0.1) is 0 Å². The van der Waals surface area contributed by atoms with Gasteiger partial charge in [-0.25, -0.2) is 0 Å². The van der Waals surface area contributed by atoms with Crippen molar-refractivity contribution in [1.82, 2.24) is 0 Å². The van der Waals surface area contributed by atoms with Crippen molar-refractivity contribution < 1.29 is 27.9 Å². The van der Waals surface area contributed by atoms with E-state index >= 15 is 0 Å². The lowest BCUT2D eigenvalue weighted by atomic mass is 9.49. The predicted octanol–water partition coefficient (Wildman–Crippen LogP) is 17.6. The highest BCUT2D eigenvalue weighted by Gasteiger charge is 2.64. The van der Waals surface area contributed by atoms with Gasteiger partial charge in [-0.05, 0) is 211 Å². The normalized spacial score (nSPS) is 22.3. The summed E-state index contributed by atoms with van der Waals surface area (Å²) in [7, 11) is -1.36. The van der Waals surface area contributed by atoms with Gasteiger partial charge >= 0.3 is 21.1 Å². The average molecular weight is 1150 g/mol. The molecular formula is C76H70B3ClO6. The van der Waals surface area contributed by atoms with Crippen molar-refractivity contribution >= 4 is 59.7 Å². The van der Waals surface area contributed by atoms with Gasteiger partial charge in [0.05, 0.1) is 44.4 Å². The number of fused-ring (bicyclic) bond motifs is 24. The van der Waals surface area contributed by atoms with Crippen LogP contribution in [-0.2, 0) is 38.8 Å². The summed E-state index contributed by atoms with van der Waals surface area (Å²) in [5.74, 6) is 0. The van der Waals surface area contributed by atoms with Gasteiger partial charge in [0.15, 0.2) is 0 Å². The van der Waals surface area contributed by atoms with Crippen molar-refractivity contribution in [1.29, 1.82) is 0 Å². The van der Waals surface area contributed by atoms with Crippen molar-refractivity contribution in [2.45, 2.75) is 128 Å². The van der Waals surface area contributed by atoms with Crippen LogP contribution < -0.4 is 5.46 Å². The zero-order valence-corrected chi connectivity index (χ0v) is 51.9. The standard InChI is InChI=1S/C35H29BO2.C29H17Cl.C12H24B2O4/c1-33(2)34(3,4)38-36(37-33)23-18-20-27-25-13-7-9-15-29(25)35(31(27)21-23)30-16-10-8-14-26(30)28-19-17-22-11-5-6-12-24(22)32(28)35;30-19-14-16-23-21-9-3-5-11-25(21)29(27(23)17-19)26-12-6-4-10-22(26)24-15-13-18-7-1-2-8-20(18)28(24)29;1-9(2)10(3,4)16-13(15-9)14-17-11(5,6)12(7,8)18-14/h5-21H,1-4H3;1-17H;1-8H3. The molecule has 17 rings (SSSR count). The summed E-state index contributed by atoms with van der Waals surface area (Å²) < 4.78 is 36.9. The van der Waals surface area contributed by atoms with Crippen LogP contribution in [0.2, 0.25) is 5.02 Å². The summed E-state index contributed by atoms with van der Waals surface area (Å²) in [5.41, 5.74) is 19.3. The monoisotopic (exact) mass is 1150 g/mol. The lowest BCUT2D eigenvalue weighted by Gasteiger charge is -2.32. The number of benzene rings is 10. The van der Waals surface area contributed by atoms with E-state index in [0.717, 1.165) is 10.5 Å². The second kappa shape index (κ2) is 19.0. The second-order valence-corrected chi connectivity index (χ2v) is 27.9. The van der Waals surface area contributed by atoms with Gasteiger partial charge in [-0.1, -0.05) is 206 Å². The molecule has 0 bridgehead atoms. The van der Waals surface area contributed by atoms with Crippen molar-refractivity contribution in [3.05, 3.63) is 256 Å². The Labute approximate surface area is 512 Å². The molecule has 0 aromatic heterocycles. The van der Waals surface area contributed by atoms with E-state index in [0.29, 0.717) is 0 Å². The first-order valence-electron chi connectivity index (χ1n) is 30.5. The summed E-state index contributed by atoms with van der Waals surface area (Å²) >= 11 is 6.60. The van der Waals surface area contributed by atoms with Gasteiger partial charge in [0.1, 0.15) is 0 Å². The van der Waals surface area contributed by atoms with Crippen LogP contribution in [0.4, 0.5) is 0 Å². The maximum absolute atomic E-state index is 6.60. The highest BCUT2D eigenvalue weighted by molar-refractivity contribution is 7.11. The summed E-state index contributed by atoms with van der Waals surface area (Å²) in [5, 5.41) is 5.95. The summed E-state index contributed by atoms with van der Waals surface area (Å²) in [6, 6.07) is 75.7. The summed E-state index contributed by atoms with van der Waals surface area (Å²) in [6.07, 6.45) is 0. The summed E-state index contributed by atoms with van der Waals surface area (Å²) in [6.45, 7) is 24.7. The molecule has 2 atom stereocenters. The fourth-order valence-corrected chi connectivity index (χ4v) is 15.1. The smallest absolute Gasteiger partial charge is 0.405 e. The molecule has 426 valence electrons.